The molecule has 3 rings (SSSR count). The Hall–Kier alpha value is -2.34. The van der Waals surface area contributed by atoms with Crippen molar-refractivity contribution in [3.05, 3.63) is 57.8 Å². The molecule has 0 saturated heterocycles. The van der Waals surface area contributed by atoms with Crippen molar-refractivity contribution in [3.8, 4) is 0 Å². The zero-order valence-corrected chi connectivity index (χ0v) is 11.7. The van der Waals surface area contributed by atoms with Crippen LogP contribution in [0, 0.1) is 4.91 Å². The summed E-state index contributed by atoms with van der Waals surface area (Å²) in [5.74, 6) is -0.135. The molecule has 6 heteroatoms. The molecule has 1 aromatic carbocycles. The second kappa shape index (κ2) is 5.57. The number of carbonyl (C=O) groups is 1. The molecule has 0 spiro atoms. The number of hydrogen-bond donors (Lipinski definition) is 0. The van der Waals surface area contributed by atoms with Crippen LogP contribution in [0.3, 0.4) is 0 Å². The molecule has 0 fully saturated rings. The highest BCUT2D eigenvalue weighted by molar-refractivity contribution is 5.94. The topological polar surface area (TPSA) is 75.8 Å². The number of nitrogens with zero attached hydrogens (tertiary/aromatic N) is 3. The monoisotopic (exact) mass is 285 g/mol. The summed E-state index contributed by atoms with van der Waals surface area (Å²) < 4.78 is 5.24. The molecule has 0 radical (unpaired) electrons. The van der Waals surface area contributed by atoms with Crippen LogP contribution >= 0.6 is 0 Å². The van der Waals surface area contributed by atoms with Gasteiger partial charge in [-0.2, -0.15) is 0 Å². The maximum atomic E-state index is 11.4. The van der Waals surface area contributed by atoms with E-state index in [-0.39, 0.29) is 11.6 Å². The number of nitroso groups, excluding NO2 is 1. The average Bonchev–Trinajstić information content (AvgIpc) is 2.92. The second-order valence-electron chi connectivity index (χ2n) is 5.32. The molecule has 0 saturated carbocycles. The minimum atomic E-state index is -0.858. The lowest BCUT2D eigenvalue weighted by atomic mass is 9.94. The predicted octanol–water partition coefficient (Wildman–Crippen LogP) is 2.70. The smallest absolute Gasteiger partial charge is 0.338 e. The van der Waals surface area contributed by atoms with Crippen molar-refractivity contribution in [3.63, 3.8) is 0 Å². The summed E-state index contributed by atoms with van der Waals surface area (Å²) in [5, 5.41) is 6.15. The Morgan fingerprint density at radius 1 is 1.43 bits per heavy atom. The van der Waals surface area contributed by atoms with Gasteiger partial charge in [0.25, 0.3) is 0 Å². The molecule has 108 valence electrons. The summed E-state index contributed by atoms with van der Waals surface area (Å²) in [6, 6.07) is 10.2. The Morgan fingerprint density at radius 3 is 2.90 bits per heavy atom. The molecule has 0 unspecified atom stereocenters. The lowest BCUT2D eigenvalue weighted by Crippen LogP contribution is -2.32. The number of benzene rings is 1. The standard InChI is InChI=1S/C15H15N3O3/c1-10-7-18(8-11-5-3-2-4-6-11)9-12-13(10)14(17-21-12)15(19)16-20/h2-6,10H,7-9H2,1H3/t10-/m0/s1. The van der Waals surface area contributed by atoms with E-state index in [4.69, 9.17) is 4.52 Å². The van der Waals surface area contributed by atoms with Gasteiger partial charge in [0, 0.05) is 23.8 Å². The van der Waals surface area contributed by atoms with Crippen LogP contribution in [-0.2, 0) is 13.1 Å². The van der Waals surface area contributed by atoms with Crippen molar-refractivity contribution in [1.29, 1.82) is 0 Å². The molecular weight excluding hydrogens is 270 g/mol. The van der Waals surface area contributed by atoms with Crippen LogP contribution in [0.2, 0.25) is 0 Å². The van der Waals surface area contributed by atoms with Crippen LogP contribution in [0.25, 0.3) is 0 Å². The first-order valence-electron chi connectivity index (χ1n) is 6.81. The first-order chi connectivity index (χ1) is 10.2. The molecule has 1 atom stereocenters. The quantitative estimate of drug-likeness (QED) is 0.810. The first kappa shape index (κ1) is 13.6. The number of rotatable bonds is 3. The van der Waals surface area contributed by atoms with E-state index in [2.05, 4.69) is 27.4 Å². The fourth-order valence-electron chi connectivity index (χ4n) is 2.86. The van der Waals surface area contributed by atoms with Crippen LogP contribution in [-0.4, -0.2) is 22.5 Å². The Labute approximate surface area is 121 Å². The van der Waals surface area contributed by atoms with Gasteiger partial charge < -0.3 is 4.52 Å². The van der Waals surface area contributed by atoms with Gasteiger partial charge in [-0.05, 0) is 11.5 Å². The van der Waals surface area contributed by atoms with Crippen molar-refractivity contribution < 1.29 is 9.32 Å². The predicted molar refractivity (Wildman–Crippen MR) is 75.6 cm³/mol. The fourth-order valence-corrected chi connectivity index (χ4v) is 2.86. The van der Waals surface area contributed by atoms with E-state index < -0.39 is 5.91 Å². The first-order valence-corrected chi connectivity index (χ1v) is 6.81. The Kier molecular flexibility index (Phi) is 3.62. The molecule has 21 heavy (non-hydrogen) atoms. The largest absolute Gasteiger partial charge is 0.359 e. The van der Waals surface area contributed by atoms with Crippen LogP contribution in [0.4, 0.5) is 0 Å². The number of carbonyl (C=O) groups excluding carboxylic acids is 1. The maximum absolute atomic E-state index is 11.4. The molecule has 1 aliphatic rings. The average molecular weight is 285 g/mol. The zero-order chi connectivity index (χ0) is 14.8. The normalized spacial score (nSPS) is 18.2. The maximum Gasteiger partial charge on any atom is 0.338 e. The number of hydrogen-bond acceptors (Lipinski definition) is 5. The van der Waals surface area contributed by atoms with E-state index >= 15 is 0 Å². The van der Waals surface area contributed by atoms with E-state index in [1.807, 2.05) is 25.1 Å². The minimum absolute atomic E-state index is 0.0619. The van der Waals surface area contributed by atoms with Crippen molar-refractivity contribution >= 4 is 5.91 Å². The Bertz CT molecular complexity index is 666. The lowest BCUT2D eigenvalue weighted by molar-refractivity contribution is 0.0991. The molecule has 0 N–H and O–H groups in total. The van der Waals surface area contributed by atoms with Crippen molar-refractivity contribution in [2.45, 2.75) is 25.9 Å². The van der Waals surface area contributed by atoms with Crippen LogP contribution in [0.5, 0.6) is 0 Å². The fraction of sp³-hybridized carbons (Fsp3) is 0.333. The number of aromatic nitrogens is 1. The highest BCUT2D eigenvalue weighted by Crippen LogP contribution is 2.31. The summed E-state index contributed by atoms with van der Waals surface area (Å²) in [7, 11) is 0. The third-order valence-corrected chi connectivity index (χ3v) is 3.73. The van der Waals surface area contributed by atoms with E-state index in [9.17, 15) is 9.70 Å². The second-order valence-corrected chi connectivity index (χ2v) is 5.32. The molecule has 6 nitrogen and oxygen atoms in total. The van der Waals surface area contributed by atoms with E-state index in [0.29, 0.717) is 12.3 Å². The van der Waals surface area contributed by atoms with Crippen molar-refractivity contribution in [1.82, 2.24) is 10.1 Å². The summed E-state index contributed by atoms with van der Waals surface area (Å²) in [4.78, 5) is 24.1. The van der Waals surface area contributed by atoms with E-state index in [1.54, 1.807) is 0 Å². The van der Waals surface area contributed by atoms with Gasteiger partial charge in [-0.3, -0.25) is 9.69 Å². The van der Waals surface area contributed by atoms with Gasteiger partial charge in [-0.1, -0.05) is 42.4 Å². The van der Waals surface area contributed by atoms with Gasteiger partial charge in [0.05, 0.1) is 6.54 Å². The molecule has 0 aliphatic carbocycles. The van der Waals surface area contributed by atoms with Gasteiger partial charge in [-0.15, -0.1) is 4.91 Å². The number of fused-ring (bicyclic) bond motifs is 1. The van der Waals surface area contributed by atoms with Gasteiger partial charge in [-0.25, -0.2) is 0 Å². The van der Waals surface area contributed by atoms with Crippen LogP contribution in [0.1, 0.15) is 40.2 Å². The van der Waals surface area contributed by atoms with Gasteiger partial charge in [0.2, 0.25) is 0 Å². The highest BCUT2D eigenvalue weighted by Gasteiger charge is 2.32. The lowest BCUT2D eigenvalue weighted by Gasteiger charge is -2.29. The number of amides is 1. The summed E-state index contributed by atoms with van der Waals surface area (Å²) >= 11 is 0. The summed E-state index contributed by atoms with van der Waals surface area (Å²) in [6.45, 7) is 4.16. The van der Waals surface area contributed by atoms with Gasteiger partial charge in [0.15, 0.2) is 11.5 Å². The van der Waals surface area contributed by atoms with E-state index in [1.165, 1.54) is 5.56 Å². The van der Waals surface area contributed by atoms with Crippen molar-refractivity contribution in [2.75, 3.05) is 6.54 Å². The zero-order valence-electron chi connectivity index (χ0n) is 11.7. The SMILES string of the molecule is C[C@H]1CN(Cc2ccccc2)Cc2onc(C(=O)N=O)c21. The third-order valence-electron chi connectivity index (χ3n) is 3.73. The van der Waals surface area contributed by atoms with E-state index in [0.717, 1.165) is 18.7 Å². The molecule has 1 aromatic heterocycles. The van der Waals surface area contributed by atoms with Crippen LogP contribution in [0.15, 0.2) is 40.0 Å². The van der Waals surface area contributed by atoms with Crippen LogP contribution < -0.4 is 0 Å². The molecule has 1 amide bonds. The molecule has 2 aromatic rings. The molecule has 1 aliphatic heterocycles. The molecule has 0 bridgehead atoms. The summed E-state index contributed by atoms with van der Waals surface area (Å²) in [5.41, 5.74) is 2.01. The van der Waals surface area contributed by atoms with Gasteiger partial charge >= 0.3 is 5.91 Å². The Morgan fingerprint density at radius 2 is 2.19 bits per heavy atom. The molecular formula is C15H15N3O3. The molecule has 2 heterocycles. The summed E-state index contributed by atoms with van der Waals surface area (Å²) in [6.07, 6.45) is 0. The Balaban J connectivity index is 1.82. The third kappa shape index (κ3) is 2.62. The highest BCUT2D eigenvalue weighted by atomic mass is 16.5. The minimum Gasteiger partial charge on any atom is -0.359 e. The van der Waals surface area contributed by atoms with Gasteiger partial charge in [0.1, 0.15) is 0 Å². The van der Waals surface area contributed by atoms with Crippen molar-refractivity contribution in [2.24, 2.45) is 5.18 Å².